The number of ketones is 1. The average Bonchev–Trinajstić information content (AvgIpc) is 3.18. The highest BCUT2D eigenvalue weighted by Gasteiger charge is 2.48. The fraction of sp³-hybridized carbons (Fsp3) is 0.136. The molecule has 0 radical (unpaired) electrons. The number of aliphatic hydroxyl groups excluding tert-OH is 1. The topological polar surface area (TPSA) is 70.5 Å². The number of rotatable bonds is 3. The molecule has 1 atom stereocenters. The van der Waals surface area contributed by atoms with E-state index in [9.17, 15) is 14.7 Å². The number of nitrogens with zero attached hydrogens (tertiary/aromatic N) is 2. The molecular formula is C22H17BrN2O3S. The fourth-order valence-corrected chi connectivity index (χ4v) is 4.50. The van der Waals surface area contributed by atoms with Crippen LogP contribution in [0, 0.1) is 13.8 Å². The van der Waals surface area contributed by atoms with Crippen LogP contribution < -0.4 is 4.90 Å². The lowest BCUT2D eigenvalue weighted by atomic mass is 9.95. The van der Waals surface area contributed by atoms with Crippen molar-refractivity contribution in [2.75, 3.05) is 4.90 Å². The van der Waals surface area contributed by atoms with Crippen LogP contribution >= 0.6 is 27.3 Å². The molecule has 1 saturated heterocycles. The average molecular weight is 469 g/mol. The first-order valence-corrected chi connectivity index (χ1v) is 10.6. The van der Waals surface area contributed by atoms with Crippen molar-refractivity contribution in [1.82, 2.24) is 4.98 Å². The highest BCUT2D eigenvalue weighted by Crippen LogP contribution is 2.43. The molecule has 1 fully saturated rings. The summed E-state index contributed by atoms with van der Waals surface area (Å²) in [5, 5.41) is 11.4. The number of amides is 1. The Labute approximate surface area is 180 Å². The molecule has 0 aliphatic carbocycles. The number of hydrogen-bond acceptors (Lipinski definition) is 5. The van der Waals surface area contributed by atoms with E-state index in [1.165, 1.54) is 16.2 Å². The van der Waals surface area contributed by atoms with Gasteiger partial charge >= 0.3 is 5.91 Å². The quantitative estimate of drug-likeness (QED) is 0.327. The number of halogens is 1. The lowest BCUT2D eigenvalue weighted by molar-refractivity contribution is -0.132. The first kappa shape index (κ1) is 19.5. The van der Waals surface area contributed by atoms with Crippen molar-refractivity contribution < 1.29 is 14.7 Å². The lowest BCUT2D eigenvalue weighted by Crippen LogP contribution is -2.29. The van der Waals surface area contributed by atoms with Gasteiger partial charge in [-0.1, -0.05) is 58.4 Å². The van der Waals surface area contributed by atoms with E-state index in [0.717, 1.165) is 20.6 Å². The van der Waals surface area contributed by atoms with Crippen LogP contribution in [-0.2, 0) is 9.59 Å². The summed E-state index contributed by atoms with van der Waals surface area (Å²) in [6.07, 6.45) is 0. The van der Waals surface area contributed by atoms with Crippen molar-refractivity contribution in [3.05, 3.63) is 86.3 Å². The second-order valence-corrected chi connectivity index (χ2v) is 8.82. The third kappa shape index (κ3) is 3.41. The summed E-state index contributed by atoms with van der Waals surface area (Å²) in [6, 6.07) is 15.4. The van der Waals surface area contributed by atoms with Crippen LogP contribution in [0.2, 0.25) is 0 Å². The minimum absolute atomic E-state index is 0.0639. The Hall–Kier alpha value is -2.77. The maximum absolute atomic E-state index is 13.0. The predicted molar refractivity (Wildman–Crippen MR) is 117 cm³/mol. The van der Waals surface area contributed by atoms with Gasteiger partial charge in [0.1, 0.15) is 5.76 Å². The van der Waals surface area contributed by atoms with Crippen LogP contribution in [0.15, 0.2) is 64.6 Å². The van der Waals surface area contributed by atoms with Gasteiger partial charge in [-0.25, -0.2) is 4.98 Å². The molecule has 0 unspecified atom stereocenters. The summed E-state index contributed by atoms with van der Waals surface area (Å²) in [7, 11) is 0. The molecule has 1 N–H and O–H groups in total. The number of hydrogen-bond donors (Lipinski definition) is 1. The third-order valence-electron chi connectivity index (χ3n) is 4.90. The van der Waals surface area contributed by atoms with E-state index in [1.54, 1.807) is 24.3 Å². The second kappa shape index (κ2) is 7.57. The molecule has 146 valence electrons. The molecule has 0 saturated carbocycles. The summed E-state index contributed by atoms with van der Waals surface area (Å²) < 4.78 is 0.877. The van der Waals surface area contributed by atoms with Crippen molar-refractivity contribution in [3.8, 4) is 0 Å². The molecule has 5 nitrogen and oxygen atoms in total. The van der Waals surface area contributed by atoms with Gasteiger partial charge in [0.05, 0.1) is 17.3 Å². The predicted octanol–water partition coefficient (Wildman–Crippen LogP) is 5.15. The summed E-state index contributed by atoms with van der Waals surface area (Å²) in [4.78, 5) is 32.9. The molecule has 1 aliphatic rings. The molecule has 4 rings (SSSR count). The standard InChI is InChI=1S/C22H17BrN2O3S/c1-12-13(2)29-22(24-12)25-18(14-8-10-16(23)11-9-14)17(20(27)21(25)28)19(26)15-6-4-3-5-7-15/h3-11,18,26H,1-2H3/b19-17+/t18-/m1/s1. The molecule has 0 bridgehead atoms. The van der Waals surface area contributed by atoms with E-state index in [4.69, 9.17) is 0 Å². The zero-order valence-electron chi connectivity index (χ0n) is 15.7. The molecular weight excluding hydrogens is 452 g/mol. The highest BCUT2D eigenvalue weighted by molar-refractivity contribution is 9.10. The van der Waals surface area contributed by atoms with Gasteiger partial charge in [0, 0.05) is 14.9 Å². The Morgan fingerprint density at radius 2 is 1.72 bits per heavy atom. The minimum Gasteiger partial charge on any atom is -0.507 e. The van der Waals surface area contributed by atoms with Crippen molar-refractivity contribution >= 4 is 49.8 Å². The maximum Gasteiger partial charge on any atom is 0.301 e. The summed E-state index contributed by atoms with van der Waals surface area (Å²) >= 11 is 4.77. The zero-order valence-corrected chi connectivity index (χ0v) is 18.1. The number of benzene rings is 2. The molecule has 2 aromatic carbocycles. The van der Waals surface area contributed by atoms with Crippen LogP contribution in [0.4, 0.5) is 5.13 Å². The SMILES string of the molecule is Cc1nc(N2C(=O)C(=O)/C(=C(/O)c3ccccc3)[C@H]2c2ccc(Br)cc2)sc1C. The lowest BCUT2D eigenvalue weighted by Gasteiger charge is -2.23. The van der Waals surface area contributed by atoms with Crippen LogP contribution in [-0.4, -0.2) is 21.8 Å². The van der Waals surface area contributed by atoms with E-state index in [-0.39, 0.29) is 11.3 Å². The smallest absolute Gasteiger partial charge is 0.301 e. The van der Waals surface area contributed by atoms with Gasteiger partial charge in [-0.15, -0.1) is 11.3 Å². The number of carbonyl (C=O) groups is 2. The van der Waals surface area contributed by atoms with Crippen LogP contribution in [0.25, 0.3) is 5.76 Å². The minimum atomic E-state index is -0.756. The van der Waals surface area contributed by atoms with Crippen molar-refractivity contribution in [1.29, 1.82) is 0 Å². The Bertz CT molecular complexity index is 1120. The Morgan fingerprint density at radius 1 is 1.07 bits per heavy atom. The molecule has 1 aliphatic heterocycles. The van der Waals surface area contributed by atoms with Crippen molar-refractivity contribution in [2.45, 2.75) is 19.9 Å². The van der Waals surface area contributed by atoms with Gasteiger partial charge < -0.3 is 5.11 Å². The van der Waals surface area contributed by atoms with E-state index in [1.807, 2.05) is 44.2 Å². The molecule has 7 heteroatoms. The third-order valence-corrected chi connectivity index (χ3v) is 6.50. The highest BCUT2D eigenvalue weighted by atomic mass is 79.9. The largest absolute Gasteiger partial charge is 0.507 e. The molecule has 3 aromatic rings. The first-order chi connectivity index (χ1) is 13.9. The van der Waals surface area contributed by atoms with Gasteiger partial charge in [-0.05, 0) is 31.5 Å². The molecule has 0 spiro atoms. The number of anilines is 1. The van der Waals surface area contributed by atoms with E-state index in [2.05, 4.69) is 20.9 Å². The van der Waals surface area contributed by atoms with Crippen LogP contribution in [0.5, 0.6) is 0 Å². The Balaban J connectivity index is 1.95. The van der Waals surface area contributed by atoms with E-state index >= 15 is 0 Å². The number of Topliss-reactive ketones (excluding diaryl/α,β-unsaturated/α-hetero) is 1. The number of thiazole rings is 1. The van der Waals surface area contributed by atoms with Crippen LogP contribution in [0.3, 0.4) is 0 Å². The molecule has 2 heterocycles. The number of carbonyl (C=O) groups excluding carboxylic acids is 2. The number of aliphatic hydroxyl groups is 1. The Kier molecular flexibility index (Phi) is 5.10. The summed E-state index contributed by atoms with van der Waals surface area (Å²) in [5.74, 6) is -1.60. The molecule has 1 amide bonds. The Morgan fingerprint density at radius 3 is 2.31 bits per heavy atom. The fourth-order valence-electron chi connectivity index (χ4n) is 3.30. The van der Waals surface area contributed by atoms with Gasteiger partial charge in [0.25, 0.3) is 5.78 Å². The zero-order chi connectivity index (χ0) is 20.7. The van der Waals surface area contributed by atoms with Crippen molar-refractivity contribution in [3.63, 3.8) is 0 Å². The maximum atomic E-state index is 13.0. The monoisotopic (exact) mass is 468 g/mol. The molecule has 29 heavy (non-hydrogen) atoms. The van der Waals surface area contributed by atoms with E-state index < -0.39 is 17.7 Å². The van der Waals surface area contributed by atoms with Crippen LogP contribution in [0.1, 0.15) is 27.7 Å². The second-order valence-electron chi connectivity index (χ2n) is 6.72. The van der Waals surface area contributed by atoms with Gasteiger partial charge in [-0.3, -0.25) is 14.5 Å². The number of aryl methyl sites for hydroxylation is 2. The summed E-state index contributed by atoms with van der Waals surface area (Å²) in [5.41, 5.74) is 2.08. The molecule has 1 aromatic heterocycles. The van der Waals surface area contributed by atoms with Gasteiger partial charge in [0.2, 0.25) is 0 Å². The van der Waals surface area contributed by atoms with Gasteiger partial charge in [-0.2, -0.15) is 0 Å². The van der Waals surface area contributed by atoms with Gasteiger partial charge in [0.15, 0.2) is 5.13 Å². The first-order valence-electron chi connectivity index (χ1n) is 8.94. The van der Waals surface area contributed by atoms with E-state index in [0.29, 0.717) is 10.7 Å². The normalized spacial score (nSPS) is 18.4. The number of aromatic nitrogens is 1. The van der Waals surface area contributed by atoms with Crippen molar-refractivity contribution in [2.24, 2.45) is 0 Å². The summed E-state index contributed by atoms with van der Waals surface area (Å²) in [6.45, 7) is 3.79.